The van der Waals surface area contributed by atoms with Crippen LogP contribution in [-0.2, 0) is 0 Å². The van der Waals surface area contributed by atoms with Crippen molar-refractivity contribution in [3.05, 3.63) is 52.0 Å². The van der Waals surface area contributed by atoms with Gasteiger partial charge in [0.2, 0.25) is 0 Å². The van der Waals surface area contributed by atoms with Gasteiger partial charge in [0, 0.05) is 11.4 Å². The molecule has 2 aromatic rings. The van der Waals surface area contributed by atoms with Crippen molar-refractivity contribution in [2.75, 3.05) is 13.2 Å². The molecule has 3 nitrogen and oxygen atoms in total. The summed E-state index contributed by atoms with van der Waals surface area (Å²) >= 11 is 12.2. The normalized spacial score (nSPS) is 10.5. The van der Waals surface area contributed by atoms with Crippen LogP contribution in [0.2, 0.25) is 10.0 Å². The number of ether oxygens (including phenoxy) is 2. The zero-order chi connectivity index (χ0) is 16.8. The molecule has 2 rings (SSSR count). The van der Waals surface area contributed by atoms with Gasteiger partial charge < -0.3 is 10.9 Å². The average Bonchev–Trinajstić information content (AvgIpc) is 2.50. The van der Waals surface area contributed by atoms with E-state index in [4.69, 9.17) is 32.7 Å². The summed E-state index contributed by atoms with van der Waals surface area (Å²) in [5.41, 5.74) is 0.233. The number of halogens is 2. The second kappa shape index (κ2) is 10.3. The Bertz CT molecular complexity index is 696. The molecule has 0 aliphatic carbocycles. The number of carbonyl (C=O) groups is 1. The van der Waals surface area contributed by atoms with Crippen LogP contribution in [-0.4, -0.2) is 18.7 Å². The van der Waals surface area contributed by atoms with Crippen LogP contribution >= 0.6 is 31.8 Å². The van der Waals surface area contributed by atoms with E-state index < -0.39 is 0 Å². The molecular formula is C17H18Cl2LiO3P. The van der Waals surface area contributed by atoms with Crippen LogP contribution in [0.3, 0.4) is 0 Å². The predicted molar refractivity (Wildman–Crippen MR) is 98.6 cm³/mol. The SMILES string of the molecule is CCOc1ccc(PC(=O)c2c(Cl)cccc2Cl)c(OCC)c1.[H-].[Li+]. The summed E-state index contributed by atoms with van der Waals surface area (Å²) in [4.78, 5) is 12.6. The van der Waals surface area contributed by atoms with Gasteiger partial charge in [-0.25, -0.2) is 0 Å². The Kier molecular flexibility index (Phi) is 9.20. The van der Waals surface area contributed by atoms with Crippen molar-refractivity contribution in [3.63, 3.8) is 0 Å². The number of benzene rings is 2. The van der Waals surface area contributed by atoms with Crippen molar-refractivity contribution >= 4 is 42.6 Å². The summed E-state index contributed by atoms with van der Waals surface area (Å²) < 4.78 is 11.1. The molecule has 0 spiro atoms. The monoisotopic (exact) mass is 378 g/mol. The first-order chi connectivity index (χ1) is 11.1. The van der Waals surface area contributed by atoms with Gasteiger partial charge in [-0.1, -0.05) is 29.3 Å². The minimum Gasteiger partial charge on any atom is -1.00 e. The number of hydrogen-bond donors (Lipinski definition) is 0. The van der Waals surface area contributed by atoms with E-state index >= 15 is 0 Å². The van der Waals surface area contributed by atoms with Gasteiger partial charge >= 0.3 is 18.9 Å². The maximum atomic E-state index is 12.6. The fourth-order valence-corrected chi connectivity index (χ4v) is 3.84. The van der Waals surface area contributed by atoms with Crippen molar-refractivity contribution in [1.82, 2.24) is 0 Å². The summed E-state index contributed by atoms with van der Waals surface area (Å²) in [6.45, 7) is 4.89. The molecule has 0 bridgehead atoms. The van der Waals surface area contributed by atoms with E-state index in [1.165, 1.54) is 0 Å². The number of rotatable bonds is 7. The first-order valence-corrected chi connectivity index (χ1v) is 8.97. The molecule has 0 heterocycles. The Morgan fingerprint density at radius 3 is 2.29 bits per heavy atom. The van der Waals surface area contributed by atoms with Gasteiger partial charge in [0.1, 0.15) is 11.5 Å². The third kappa shape index (κ3) is 5.41. The maximum Gasteiger partial charge on any atom is 1.00 e. The first kappa shape index (κ1) is 21.4. The summed E-state index contributed by atoms with van der Waals surface area (Å²) in [5.74, 6) is 1.36. The smallest absolute Gasteiger partial charge is 1.00 e. The summed E-state index contributed by atoms with van der Waals surface area (Å²) in [6, 6.07) is 10.5. The van der Waals surface area contributed by atoms with E-state index in [1.807, 2.05) is 26.0 Å². The zero-order valence-electron chi connectivity index (χ0n) is 14.9. The fourth-order valence-electron chi connectivity index (χ4n) is 2.04. The van der Waals surface area contributed by atoms with E-state index in [1.54, 1.807) is 24.3 Å². The molecule has 0 saturated carbocycles. The predicted octanol–water partition coefficient (Wildman–Crippen LogP) is 2.05. The molecule has 24 heavy (non-hydrogen) atoms. The largest absolute Gasteiger partial charge is 1.00 e. The third-order valence-electron chi connectivity index (χ3n) is 3.00. The van der Waals surface area contributed by atoms with Crippen LogP contribution in [0, 0.1) is 0 Å². The second-order valence-electron chi connectivity index (χ2n) is 4.57. The zero-order valence-corrected chi connectivity index (χ0v) is 16.4. The minimum absolute atomic E-state index is 0. The average molecular weight is 379 g/mol. The van der Waals surface area contributed by atoms with Gasteiger partial charge in [-0.15, -0.1) is 0 Å². The van der Waals surface area contributed by atoms with Crippen LogP contribution in [0.1, 0.15) is 25.6 Å². The topological polar surface area (TPSA) is 35.5 Å². The quantitative estimate of drug-likeness (QED) is 0.546. The molecule has 0 fully saturated rings. The molecule has 0 aromatic heterocycles. The van der Waals surface area contributed by atoms with Gasteiger partial charge in [0.25, 0.3) is 0 Å². The summed E-state index contributed by atoms with van der Waals surface area (Å²) in [7, 11) is -0.133. The first-order valence-electron chi connectivity index (χ1n) is 7.21. The van der Waals surface area contributed by atoms with Crippen molar-refractivity contribution < 1.29 is 34.6 Å². The van der Waals surface area contributed by atoms with E-state index in [0.29, 0.717) is 40.3 Å². The van der Waals surface area contributed by atoms with Gasteiger partial charge in [-0.05, 0) is 46.7 Å². The Morgan fingerprint density at radius 2 is 1.71 bits per heavy atom. The molecule has 2 aromatic carbocycles. The Hall–Kier alpha value is -0.683. The van der Waals surface area contributed by atoms with Gasteiger partial charge in [-0.3, -0.25) is 4.79 Å². The van der Waals surface area contributed by atoms with E-state index in [9.17, 15) is 4.79 Å². The Morgan fingerprint density at radius 1 is 1.08 bits per heavy atom. The van der Waals surface area contributed by atoms with Crippen molar-refractivity contribution in [1.29, 1.82) is 0 Å². The molecular weight excluding hydrogens is 361 g/mol. The van der Waals surface area contributed by atoms with Crippen LogP contribution in [0.5, 0.6) is 11.5 Å². The Balaban J connectivity index is 0.00000288. The molecule has 1 unspecified atom stereocenters. The van der Waals surface area contributed by atoms with Crippen LogP contribution in [0.25, 0.3) is 0 Å². The maximum absolute atomic E-state index is 12.6. The molecule has 124 valence electrons. The standard InChI is InChI=1S/C17H17Cl2O3P.Li.H/c1-3-21-11-8-9-15(14(10-11)22-4-2)23-17(20)16-12(18)6-5-7-13(16)19;;/h5-10,23H,3-4H2,1-2H3;;/q;+1;-1. The van der Waals surface area contributed by atoms with Gasteiger partial charge in [0.15, 0.2) is 5.52 Å². The third-order valence-corrected chi connectivity index (χ3v) is 4.79. The van der Waals surface area contributed by atoms with Gasteiger partial charge in [-0.2, -0.15) is 0 Å². The molecule has 0 radical (unpaired) electrons. The Labute approximate surface area is 167 Å². The molecule has 0 N–H and O–H groups in total. The summed E-state index contributed by atoms with van der Waals surface area (Å²) in [6.07, 6.45) is 0. The van der Waals surface area contributed by atoms with Crippen molar-refractivity contribution in [2.24, 2.45) is 0 Å². The minimum atomic E-state index is -0.133. The second-order valence-corrected chi connectivity index (χ2v) is 6.63. The molecule has 0 saturated heterocycles. The summed E-state index contributed by atoms with van der Waals surface area (Å²) in [5, 5.41) is 1.52. The van der Waals surface area contributed by atoms with E-state index in [2.05, 4.69) is 0 Å². The number of carbonyl (C=O) groups excluding carboxylic acids is 1. The molecule has 7 heteroatoms. The van der Waals surface area contributed by atoms with Crippen molar-refractivity contribution in [3.8, 4) is 11.5 Å². The fraction of sp³-hybridized carbons (Fsp3) is 0.235. The molecule has 1 atom stereocenters. The molecule has 0 aliphatic rings. The van der Waals surface area contributed by atoms with Crippen molar-refractivity contribution in [2.45, 2.75) is 13.8 Å². The van der Waals surface area contributed by atoms with E-state index in [0.717, 1.165) is 5.30 Å². The molecule has 0 amide bonds. The van der Waals surface area contributed by atoms with Crippen LogP contribution < -0.4 is 33.6 Å². The van der Waals surface area contributed by atoms with Crippen LogP contribution in [0.4, 0.5) is 0 Å². The molecule has 0 aliphatic heterocycles. The van der Waals surface area contributed by atoms with Gasteiger partial charge in [0.05, 0.1) is 28.8 Å². The van der Waals surface area contributed by atoms with Crippen LogP contribution in [0.15, 0.2) is 36.4 Å². The van der Waals surface area contributed by atoms with E-state index in [-0.39, 0.29) is 34.4 Å². The number of hydrogen-bond acceptors (Lipinski definition) is 3.